The highest BCUT2D eigenvalue weighted by Gasteiger charge is 2.28. The van der Waals surface area contributed by atoms with Gasteiger partial charge in [0, 0.05) is 48.1 Å². The molecule has 1 fully saturated rings. The summed E-state index contributed by atoms with van der Waals surface area (Å²) in [5.74, 6) is -1.51. The Balaban J connectivity index is 1.73. The maximum absolute atomic E-state index is 14.9. The number of pyridine rings is 1. The van der Waals surface area contributed by atoms with Gasteiger partial charge in [0.2, 0.25) is 0 Å². The minimum atomic E-state index is -0.798. The molecule has 1 aromatic heterocycles. The van der Waals surface area contributed by atoms with Crippen molar-refractivity contribution in [1.29, 1.82) is 0 Å². The molecule has 2 heterocycles. The maximum atomic E-state index is 14.9. The van der Waals surface area contributed by atoms with Crippen LogP contribution in [0.25, 0.3) is 5.69 Å². The zero-order valence-corrected chi connectivity index (χ0v) is 21.8. The molecule has 0 atom stereocenters. The lowest BCUT2D eigenvalue weighted by molar-refractivity contribution is -0.0104. The molecule has 36 heavy (non-hydrogen) atoms. The van der Waals surface area contributed by atoms with Crippen LogP contribution in [0, 0.1) is 11.6 Å². The molecule has 0 N–H and O–H groups in total. The van der Waals surface area contributed by atoms with Crippen molar-refractivity contribution in [3.8, 4) is 5.69 Å². The average molecular weight is 534 g/mol. The Morgan fingerprint density at radius 1 is 1.03 bits per heavy atom. The molecular formula is C27H27Cl2F2N3O2. The summed E-state index contributed by atoms with van der Waals surface area (Å²) < 4.78 is 29.8. The van der Waals surface area contributed by atoms with Crippen molar-refractivity contribution >= 4 is 28.9 Å². The van der Waals surface area contributed by atoms with E-state index in [4.69, 9.17) is 28.0 Å². The van der Waals surface area contributed by atoms with Crippen molar-refractivity contribution in [2.45, 2.75) is 45.3 Å². The SMILES string of the molecule is CC(C)(C)N1CCC(ON=C(c2ccc(=O)n(-c3c(Cl)cccc3Cl)c2)c2ccc(F)cc2F)CC1. The number of aromatic nitrogens is 1. The van der Waals surface area contributed by atoms with Gasteiger partial charge in [-0.25, -0.2) is 8.78 Å². The lowest BCUT2D eigenvalue weighted by atomic mass is 10.00. The Bertz CT molecular complexity index is 1320. The van der Waals surface area contributed by atoms with Crippen LogP contribution < -0.4 is 5.56 Å². The van der Waals surface area contributed by atoms with Crippen LogP contribution in [0.1, 0.15) is 44.7 Å². The monoisotopic (exact) mass is 533 g/mol. The molecule has 190 valence electrons. The first kappa shape index (κ1) is 26.3. The highest BCUT2D eigenvalue weighted by molar-refractivity contribution is 6.37. The number of hydrogen-bond donors (Lipinski definition) is 0. The van der Waals surface area contributed by atoms with Gasteiger partial charge in [-0.1, -0.05) is 34.4 Å². The summed E-state index contributed by atoms with van der Waals surface area (Å²) in [4.78, 5) is 21.0. The van der Waals surface area contributed by atoms with Crippen LogP contribution in [-0.2, 0) is 4.84 Å². The lowest BCUT2D eigenvalue weighted by Gasteiger charge is -2.40. The number of benzene rings is 2. The molecule has 0 bridgehead atoms. The van der Waals surface area contributed by atoms with E-state index in [1.807, 2.05) is 0 Å². The number of hydrogen-bond acceptors (Lipinski definition) is 4. The van der Waals surface area contributed by atoms with Gasteiger partial charge in [0.1, 0.15) is 23.5 Å². The van der Waals surface area contributed by atoms with E-state index in [1.54, 1.807) is 18.2 Å². The van der Waals surface area contributed by atoms with E-state index in [2.05, 4.69) is 30.8 Å². The highest BCUT2D eigenvalue weighted by atomic mass is 35.5. The van der Waals surface area contributed by atoms with Crippen molar-refractivity contribution in [2.24, 2.45) is 5.16 Å². The smallest absolute Gasteiger partial charge is 0.255 e. The van der Waals surface area contributed by atoms with Gasteiger partial charge in [-0.05, 0) is 63.9 Å². The largest absolute Gasteiger partial charge is 0.392 e. The molecule has 4 rings (SSSR count). The highest BCUT2D eigenvalue weighted by Crippen LogP contribution is 2.28. The molecule has 0 saturated carbocycles. The van der Waals surface area contributed by atoms with Crippen molar-refractivity contribution < 1.29 is 13.6 Å². The van der Waals surface area contributed by atoms with E-state index < -0.39 is 11.6 Å². The van der Waals surface area contributed by atoms with Crippen LogP contribution in [0.5, 0.6) is 0 Å². The number of nitrogens with zero attached hydrogens (tertiary/aromatic N) is 3. The fourth-order valence-electron chi connectivity index (χ4n) is 4.22. The molecule has 0 amide bonds. The fourth-order valence-corrected chi connectivity index (χ4v) is 4.80. The second-order valence-electron chi connectivity index (χ2n) is 9.72. The summed E-state index contributed by atoms with van der Waals surface area (Å²) in [6.45, 7) is 8.20. The number of likely N-dealkylation sites (tertiary alicyclic amines) is 1. The fraction of sp³-hybridized carbons (Fsp3) is 0.333. The van der Waals surface area contributed by atoms with E-state index in [1.165, 1.54) is 29.0 Å². The van der Waals surface area contributed by atoms with E-state index in [9.17, 15) is 13.6 Å². The predicted octanol–water partition coefficient (Wildman–Crippen LogP) is 6.45. The standard InChI is InChI=1S/C27H27Cl2F2N3O2/c1-27(2,3)33-13-11-19(12-14-33)36-32-25(20-9-8-18(30)15-23(20)31)17-7-10-24(35)34(16-17)26-21(28)5-4-6-22(26)29/h4-10,15-16,19H,11-14H2,1-3H3. The van der Waals surface area contributed by atoms with E-state index >= 15 is 0 Å². The topological polar surface area (TPSA) is 46.8 Å². The maximum Gasteiger partial charge on any atom is 0.255 e. The molecule has 1 aliphatic rings. The Morgan fingerprint density at radius 2 is 1.69 bits per heavy atom. The van der Waals surface area contributed by atoms with Gasteiger partial charge in [0.15, 0.2) is 0 Å². The van der Waals surface area contributed by atoms with Crippen LogP contribution in [0.2, 0.25) is 10.0 Å². The molecule has 1 aliphatic heterocycles. The van der Waals surface area contributed by atoms with Crippen LogP contribution in [-0.4, -0.2) is 39.9 Å². The zero-order valence-electron chi connectivity index (χ0n) is 20.3. The van der Waals surface area contributed by atoms with Gasteiger partial charge >= 0.3 is 0 Å². The Kier molecular flexibility index (Phi) is 7.83. The summed E-state index contributed by atoms with van der Waals surface area (Å²) in [6.07, 6.45) is 2.83. The summed E-state index contributed by atoms with van der Waals surface area (Å²) in [5.41, 5.74) is 0.514. The lowest BCUT2D eigenvalue weighted by Crippen LogP contribution is -2.47. The molecule has 0 unspecified atom stereocenters. The number of halogens is 4. The molecule has 1 saturated heterocycles. The third-order valence-electron chi connectivity index (χ3n) is 6.23. The van der Waals surface area contributed by atoms with Crippen LogP contribution >= 0.6 is 23.2 Å². The summed E-state index contributed by atoms with van der Waals surface area (Å²) in [6, 6.07) is 11.0. The quantitative estimate of drug-likeness (QED) is 0.279. The van der Waals surface area contributed by atoms with Gasteiger partial charge in [-0.15, -0.1) is 0 Å². The number of para-hydroxylation sites is 1. The summed E-state index contributed by atoms with van der Waals surface area (Å²) in [7, 11) is 0. The molecule has 3 aromatic rings. The molecule has 5 nitrogen and oxygen atoms in total. The first-order chi connectivity index (χ1) is 17.0. The predicted molar refractivity (Wildman–Crippen MR) is 139 cm³/mol. The molecule has 0 aliphatic carbocycles. The van der Waals surface area contributed by atoms with Crippen molar-refractivity contribution in [2.75, 3.05) is 13.1 Å². The Labute approximate surface area is 218 Å². The normalized spacial score (nSPS) is 15.8. The average Bonchev–Trinajstić information content (AvgIpc) is 2.81. The van der Waals surface area contributed by atoms with E-state index in [0.29, 0.717) is 11.3 Å². The van der Waals surface area contributed by atoms with Crippen molar-refractivity contribution in [1.82, 2.24) is 9.47 Å². The first-order valence-electron chi connectivity index (χ1n) is 11.7. The molecule has 9 heteroatoms. The van der Waals surface area contributed by atoms with E-state index in [0.717, 1.165) is 38.1 Å². The van der Waals surface area contributed by atoms with Gasteiger partial charge in [-0.3, -0.25) is 14.3 Å². The summed E-state index contributed by atoms with van der Waals surface area (Å²) in [5, 5.41) is 4.88. The summed E-state index contributed by atoms with van der Waals surface area (Å²) >= 11 is 12.7. The zero-order chi connectivity index (χ0) is 26.0. The molecular weight excluding hydrogens is 507 g/mol. The van der Waals surface area contributed by atoms with Crippen LogP contribution in [0.15, 0.2) is 64.7 Å². The second-order valence-corrected chi connectivity index (χ2v) is 10.5. The molecule has 0 radical (unpaired) electrons. The minimum absolute atomic E-state index is 0.0407. The number of piperidine rings is 1. The molecule has 2 aromatic carbocycles. The van der Waals surface area contributed by atoms with Crippen molar-refractivity contribution in [3.63, 3.8) is 0 Å². The van der Waals surface area contributed by atoms with Crippen LogP contribution in [0.3, 0.4) is 0 Å². The van der Waals surface area contributed by atoms with Gasteiger partial charge in [0.05, 0.1) is 15.7 Å². The minimum Gasteiger partial charge on any atom is -0.392 e. The van der Waals surface area contributed by atoms with Gasteiger partial charge < -0.3 is 4.84 Å². The second kappa shape index (κ2) is 10.7. The third-order valence-corrected chi connectivity index (χ3v) is 6.84. The van der Waals surface area contributed by atoms with Gasteiger partial charge in [-0.2, -0.15) is 0 Å². The number of oxime groups is 1. The number of rotatable bonds is 5. The third kappa shape index (κ3) is 5.80. The molecule has 0 spiro atoms. The van der Waals surface area contributed by atoms with Crippen molar-refractivity contribution in [3.05, 3.63) is 97.9 Å². The Morgan fingerprint density at radius 3 is 2.31 bits per heavy atom. The first-order valence-corrected chi connectivity index (χ1v) is 12.4. The van der Waals surface area contributed by atoms with Crippen LogP contribution in [0.4, 0.5) is 8.78 Å². The van der Waals surface area contributed by atoms with E-state index in [-0.39, 0.29) is 38.5 Å². The Hall–Kier alpha value is -2.74. The van der Waals surface area contributed by atoms with Gasteiger partial charge in [0.25, 0.3) is 5.56 Å².